The van der Waals surface area contributed by atoms with E-state index in [2.05, 4.69) is 41.8 Å². The summed E-state index contributed by atoms with van der Waals surface area (Å²) in [6.07, 6.45) is 7.07. The van der Waals surface area contributed by atoms with E-state index in [1.54, 1.807) is 36.6 Å². The molecule has 0 unspecified atom stereocenters. The number of aromatic nitrogens is 2. The molecule has 0 aliphatic carbocycles. The van der Waals surface area contributed by atoms with Gasteiger partial charge in [0.25, 0.3) is 0 Å². The second-order valence-electron chi connectivity index (χ2n) is 5.84. The molecule has 0 spiro atoms. The maximum atomic E-state index is 12.7. The summed E-state index contributed by atoms with van der Waals surface area (Å²) in [5.74, 6) is -0.0787. The number of rotatable bonds is 2. The van der Waals surface area contributed by atoms with E-state index in [1.807, 2.05) is 36.4 Å². The van der Waals surface area contributed by atoms with Crippen molar-refractivity contribution in [2.75, 3.05) is 4.90 Å². The molecule has 4 aromatic rings. The predicted octanol–water partition coefficient (Wildman–Crippen LogP) is 5.99. The fourth-order valence-corrected chi connectivity index (χ4v) is 4.07. The van der Waals surface area contributed by atoms with Crippen molar-refractivity contribution in [1.82, 2.24) is 9.97 Å². The Balaban J connectivity index is 2.05. The molecule has 4 nitrogen and oxygen atoms in total. The number of hydrogen-bond acceptors (Lipinski definition) is 3. The molecule has 2 heterocycles. The van der Waals surface area contributed by atoms with E-state index in [0.29, 0.717) is 0 Å². The van der Waals surface area contributed by atoms with Crippen molar-refractivity contribution in [1.29, 1.82) is 0 Å². The second kappa shape index (κ2) is 6.78. The van der Waals surface area contributed by atoms with Gasteiger partial charge in [-0.25, -0.2) is 0 Å². The number of amides is 1. The monoisotopic (exact) mass is 469 g/mol. The molecular weight excluding hydrogens is 458 g/mol. The quantitative estimate of drug-likeness (QED) is 0.361. The summed E-state index contributed by atoms with van der Waals surface area (Å²) in [6.45, 7) is 1.56. The van der Waals surface area contributed by atoms with Crippen LogP contribution in [0.5, 0.6) is 0 Å². The summed E-state index contributed by atoms with van der Waals surface area (Å²) in [5, 5.41) is 3.81. The first-order valence-electron chi connectivity index (χ1n) is 7.93. The average Bonchev–Trinajstić information content (AvgIpc) is 2.63. The highest BCUT2D eigenvalue weighted by atomic mass is 79.9. The normalized spacial score (nSPS) is 11.0. The van der Waals surface area contributed by atoms with Gasteiger partial charge in [-0.05, 0) is 44.0 Å². The third-order valence-corrected chi connectivity index (χ3v) is 5.52. The van der Waals surface area contributed by atoms with E-state index in [0.717, 1.165) is 41.9 Å². The van der Waals surface area contributed by atoms with Crippen molar-refractivity contribution in [3.8, 4) is 0 Å². The molecule has 4 rings (SSSR count). The van der Waals surface area contributed by atoms with E-state index in [1.165, 1.54) is 0 Å². The number of carbonyl (C=O) groups is 1. The fourth-order valence-electron chi connectivity index (χ4n) is 3.15. The zero-order chi connectivity index (χ0) is 18.3. The van der Waals surface area contributed by atoms with E-state index in [9.17, 15) is 4.79 Å². The number of fused-ring (bicyclic) bond motifs is 2. The van der Waals surface area contributed by atoms with Crippen molar-refractivity contribution in [3.05, 3.63) is 70.1 Å². The highest BCUT2D eigenvalue weighted by Gasteiger charge is 2.20. The van der Waals surface area contributed by atoms with Crippen LogP contribution in [-0.2, 0) is 4.79 Å². The van der Waals surface area contributed by atoms with Gasteiger partial charge >= 0.3 is 0 Å². The van der Waals surface area contributed by atoms with Crippen LogP contribution in [0.25, 0.3) is 21.5 Å². The molecule has 0 saturated carbocycles. The third-order valence-electron chi connectivity index (χ3n) is 4.26. The Kier molecular flexibility index (Phi) is 4.46. The van der Waals surface area contributed by atoms with E-state index >= 15 is 0 Å². The first-order chi connectivity index (χ1) is 12.6. The number of hydrogen-bond donors (Lipinski definition) is 0. The zero-order valence-electron chi connectivity index (χ0n) is 13.8. The molecule has 0 radical (unpaired) electrons. The molecule has 0 saturated heterocycles. The molecule has 6 heteroatoms. The molecular formula is C20H13Br2N3O. The zero-order valence-corrected chi connectivity index (χ0v) is 17.0. The SMILES string of the molecule is CC(=O)N(c1cccc2c(Br)cncc12)c1cccc2c(Br)cncc12. The van der Waals surface area contributed by atoms with Gasteiger partial charge in [-0.15, -0.1) is 0 Å². The summed E-state index contributed by atoms with van der Waals surface area (Å²) in [6, 6.07) is 11.8. The van der Waals surface area contributed by atoms with Crippen LogP contribution in [0.15, 0.2) is 70.1 Å². The Morgan fingerprint density at radius 2 is 1.23 bits per heavy atom. The summed E-state index contributed by atoms with van der Waals surface area (Å²) in [5.41, 5.74) is 1.58. The molecule has 0 fully saturated rings. The minimum absolute atomic E-state index is 0.0787. The van der Waals surface area contributed by atoms with E-state index in [4.69, 9.17) is 0 Å². The summed E-state index contributed by atoms with van der Waals surface area (Å²) in [4.78, 5) is 22.9. The van der Waals surface area contributed by atoms with Crippen LogP contribution in [0.4, 0.5) is 11.4 Å². The minimum Gasteiger partial charge on any atom is -0.280 e. The van der Waals surface area contributed by atoms with Gasteiger partial charge in [0.15, 0.2) is 0 Å². The molecule has 0 aliphatic rings. The molecule has 26 heavy (non-hydrogen) atoms. The molecule has 0 aliphatic heterocycles. The van der Waals surface area contributed by atoms with E-state index < -0.39 is 0 Å². The number of halogens is 2. The molecule has 0 N–H and O–H groups in total. The molecule has 0 atom stereocenters. The van der Waals surface area contributed by atoms with Crippen LogP contribution in [0, 0.1) is 0 Å². The summed E-state index contributed by atoms with van der Waals surface area (Å²) in [7, 11) is 0. The van der Waals surface area contributed by atoms with Gasteiger partial charge in [-0.3, -0.25) is 19.7 Å². The fraction of sp³-hybridized carbons (Fsp3) is 0.0500. The van der Waals surface area contributed by atoms with Gasteiger partial charge in [-0.2, -0.15) is 0 Å². The molecule has 128 valence electrons. The first-order valence-corrected chi connectivity index (χ1v) is 9.51. The molecule has 0 bridgehead atoms. The number of anilines is 2. The lowest BCUT2D eigenvalue weighted by molar-refractivity contribution is -0.115. The van der Waals surface area contributed by atoms with Gasteiger partial charge in [0.1, 0.15) is 0 Å². The lowest BCUT2D eigenvalue weighted by Gasteiger charge is -2.24. The standard InChI is InChI=1S/C20H13Br2N3O/c1-12(26)25(19-6-2-4-13-15(19)8-23-10-17(13)21)20-7-3-5-14-16(20)9-24-11-18(14)22/h2-11H,1H3. The topological polar surface area (TPSA) is 46.1 Å². The molecule has 2 aromatic heterocycles. The maximum Gasteiger partial charge on any atom is 0.228 e. The smallest absolute Gasteiger partial charge is 0.228 e. The van der Waals surface area contributed by atoms with Gasteiger partial charge < -0.3 is 0 Å². The summed E-state index contributed by atoms with van der Waals surface area (Å²) < 4.78 is 1.78. The van der Waals surface area contributed by atoms with Gasteiger partial charge in [0, 0.05) is 62.2 Å². The van der Waals surface area contributed by atoms with Crippen LogP contribution in [0.3, 0.4) is 0 Å². The first kappa shape index (κ1) is 17.1. The molecule has 1 amide bonds. The van der Waals surface area contributed by atoms with E-state index in [-0.39, 0.29) is 5.91 Å². The lowest BCUT2D eigenvalue weighted by atomic mass is 10.1. The van der Waals surface area contributed by atoms with Crippen molar-refractivity contribution in [2.45, 2.75) is 6.92 Å². The van der Waals surface area contributed by atoms with Gasteiger partial charge in [-0.1, -0.05) is 24.3 Å². The van der Waals surface area contributed by atoms with Gasteiger partial charge in [0.2, 0.25) is 5.91 Å². The van der Waals surface area contributed by atoms with Crippen LogP contribution >= 0.6 is 31.9 Å². The Bertz CT molecular complexity index is 1080. The Labute approximate surface area is 167 Å². The van der Waals surface area contributed by atoms with Crippen LogP contribution < -0.4 is 4.90 Å². The number of benzene rings is 2. The summed E-state index contributed by atoms with van der Waals surface area (Å²) >= 11 is 7.08. The highest BCUT2D eigenvalue weighted by molar-refractivity contribution is 9.11. The highest BCUT2D eigenvalue weighted by Crippen LogP contribution is 2.38. The van der Waals surface area contributed by atoms with Crippen LogP contribution in [0.1, 0.15) is 6.92 Å². The third kappa shape index (κ3) is 2.79. The van der Waals surface area contributed by atoms with Crippen LogP contribution in [-0.4, -0.2) is 15.9 Å². The predicted molar refractivity (Wildman–Crippen MR) is 112 cm³/mol. The lowest BCUT2D eigenvalue weighted by Crippen LogP contribution is -2.23. The number of carbonyl (C=O) groups excluding carboxylic acids is 1. The Morgan fingerprint density at radius 3 is 1.65 bits per heavy atom. The van der Waals surface area contributed by atoms with Crippen molar-refractivity contribution < 1.29 is 4.79 Å². The second-order valence-corrected chi connectivity index (χ2v) is 7.55. The van der Waals surface area contributed by atoms with Crippen molar-refractivity contribution in [2.24, 2.45) is 0 Å². The van der Waals surface area contributed by atoms with Crippen molar-refractivity contribution in [3.63, 3.8) is 0 Å². The molecule has 2 aromatic carbocycles. The minimum atomic E-state index is -0.0787. The maximum absolute atomic E-state index is 12.7. The van der Waals surface area contributed by atoms with Crippen LogP contribution in [0.2, 0.25) is 0 Å². The largest absolute Gasteiger partial charge is 0.280 e. The Morgan fingerprint density at radius 1 is 0.769 bits per heavy atom. The van der Waals surface area contributed by atoms with Crippen molar-refractivity contribution >= 4 is 70.7 Å². The Hall–Kier alpha value is -2.31. The number of pyridine rings is 2. The number of nitrogens with zero attached hydrogens (tertiary/aromatic N) is 3. The van der Waals surface area contributed by atoms with Gasteiger partial charge in [0.05, 0.1) is 11.4 Å². The average molecular weight is 471 g/mol.